The van der Waals surface area contributed by atoms with Crippen LogP contribution in [0, 0.1) is 10.1 Å². The molecule has 3 aromatic rings. The fourth-order valence-corrected chi connectivity index (χ4v) is 2.28. The number of nitrogen functional groups attached to an aromatic ring is 1. The molecule has 23 heavy (non-hydrogen) atoms. The Bertz CT molecular complexity index is 1020. The molecular weight excluding hydrogens is 302 g/mol. The van der Waals surface area contributed by atoms with Crippen molar-refractivity contribution in [2.45, 2.75) is 6.54 Å². The smallest absolute Gasteiger partial charge is 0.314 e. The number of nitro groups is 1. The van der Waals surface area contributed by atoms with Crippen LogP contribution in [0.15, 0.2) is 46.2 Å². The summed E-state index contributed by atoms with van der Waals surface area (Å²) in [5.41, 5.74) is 5.42. The van der Waals surface area contributed by atoms with Crippen LogP contribution in [-0.2, 0) is 6.54 Å². The fraction of sp³-hybridized carbons (Fsp3) is 0.0714. The molecule has 0 aliphatic rings. The maximum atomic E-state index is 11.5. The molecule has 0 aliphatic carbocycles. The van der Waals surface area contributed by atoms with Crippen LogP contribution in [0.4, 0.5) is 11.4 Å². The summed E-state index contributed by atoms with van der Waals surface area (Å²) < 4.78 is 1.75. The Kier molecular flexibility index (Phi) is 3.37. The van der Waals surface area contributed by atoms with Crippen molar-refractivity contribution in [3.8, 4) is 0 Å². The zero-order valence-electron chi connectivity index (χ0n) is 11.8. The van der Waals surface area contributed by atoms with Gasteiger partial charge in [-0.05, 0) is 0 Å². The summed E-state index contributed by atoms with van der Waals surface area (Å²) in [5.74, 6) is 0. The van der Waals surface area contributed by atoms with E-state index in [2.05, 4.69) is 9.97 Å². The van der Waals surface area contributed by atoms with Gasteiger partial charge in [0.1, 0.15) is 0 Å². The van der Waals surface area contributed by atoms with Gasteiger partial charge < -0.3 is 15.7 Å². The van der Waals surface area contributed by atoms with Gasteiger partial charge in [-0.15, -0.1) is 0 Å². The van der Waals surface area contributed by atoms with E-state index < -0.39 is 16.0 Å². The number of rotatable bonds is 3. The van der Waals surface area contributed by atoms with Gasteiger partial charge in [0.15, 0.2) is 18.9 Å². The number of aromatic amines is 2. The number of nitro benzene ring substituents is 1. The Morgan fingerprint density at radius 2 is 1.78 bits per heavy atom. The number of H-pyrrole nitrogens is 2. The Balaban J connectivity index is 2.22. The molecule has 0 saturated heterocycles. The average molecular weight is 314 g/mol. The van der Waals surface area contributed by atoms with Gasteiger partial charge in [0.05, 0.1) is 16.0 Å². The molecule has 1 aromatic carbocycles. The van der Waals surface area contributed by atoms with Crippen molar-refractivity contribution < 1.29 is 9.49 Å². The second-order valence-corrected chi connectivity index (χ2v) is 5.00. The van der Waals surface area contributed by atoms with Crippen LogP contribution in [0.2, 0.25) is 0 Å². The molecule has 0 aliphatic heterocycles. The molecule has 0 fully saturated rings. The summed E-state index contributed by atoms with van der Waals surface area (Å²) in [7, 11) is 0. The Hall–Kier alpha value is -3.49. The number of hydrogen-bond acceptors (Lipinski definition) is 5. The van der Waals surface area contributed by atoms with Gasteiger partial charge in [0, 0.05) is 35.5 Å². The first-order valence-electron chi connectivity index (χ1n) is 6.62. The molecule has 2 aromatic heterocycles. The van der Waals surface area contributed by atoms with Gasteiger partial charge in [-0.2, -0.15) is 0 Å². The summed E-state index contributed by atoms with van der Waals surface area (Å²) in [4.78, 5) is 38.3. The largest absolute Gasteiger partial charge is 0.398 e. The third-order valence-electron chi connectivity index (χ3n) is 3.38. The van der Waals surface area contributed by atoms with E-state index in [0.29, 0.717) is 16.8 Å². The van der Waals surface area contributed by atoms with Crippen molar-refractivity contribution in [3.05, 3.63) is 73.0 Å². The molecule has 0 amide bonds. The lowest BCUT2D eigenvalue weighted by Crippen LogP contribution is -2.34. The summed E-state index contributed by atoms with van der Waals surface area (Å²) in [6.07, 6.45) is 3.42. The normalized spacial score (nSPS) is 10.8. The summed E-state index contributed by atoms with van der Waals surface area (Å²) in [6, 6.07) is 5.94. The van der Waals surface area contributed by atoms with Crippen molar-refractivity contribution >= 4 is 22.4 Å². The zero-order chi connectivity index (χ0) is 16.6. The van der Waals surface area contributed by atoms with E-state index in [9.17, 15) is 19.7 Å². The molecule has 0 radical (unpaired) electrons. The van der Waals surface area contributed by atoms with Crippen LogP contribution in [0.1, 0.15) is 5.56 Å². The molecule has 0 unspecified atom stereocenters. The van der Waals surface area contributed by atoms with Crippen LogP contribution in [0.25, 0.3) is 11.0 Å². The van der Waals surface area contributed by atoms with Crippen molar-refractivity contribution in [2.75, 3.05) is 5.73 Å². The van der Waals surface area contributed by atoms with E-state index in [1.54, 1.807) is 29.1 Å². The first-order valence-corrected chi connectivity index (χ1v) is 6.62. The lowest BCUT2D eigenvalue weighted by Gasteiger charge is -2.04. The molecule has 0 spiro atoms. The predicted octanol–water partition coefficient (Wildman–Crippen LogP) is 0.0426. The molecule has 9 nitrogen and oxygen atoms in total. The number of fused-ring (bicyclic) bond motifs is 1. The van der Waals surface area contributed by atoms with Gasteiger partial charge in [0.2, 0.25) is 0 Å². The fourth-order valence-electron chi connectivity index (χ4n) is 2.28. The maximum Gasteiger partial charge on any atom is 0.314 e. The van der Waals surface area contributed by atoms with E-state index in [1.807, 2.05) is 0 Å². The third-order valence-corrected chi connectivity index (χ3v) is 3.38. The first-order chi connectivity index (χ1) is 10.9. The summed E-state index contributed by atoms with van der Waals surface area (Å²) in [6.45, 7) is 0.264. The van der Waals surface area contributed by atoms with Crippen LogP contribution >= 0.6 is 0 Å². The van der Waals surface area contributed by atoms with Crippen LogP contribution in [0.3, 0.4) is 0 Å². The van der Waals surface area contributed by atoms with Gasteiger partial charge >= 0.3 is 11.1 Å². The Morgan fingerprint density at radius 3 is 2.43 bits per heavy atom. The van der Waals surface area contributed by atoms with Gasteiger partial charge in [-0.1, -0.05) is 0 Å². The van der Waals surface area contributed by atoms with Gasteiger partial charge in [-0.3, -0.25) is 19.7 Å². The Labute approximate surface area is 128 Å². The number of nitrogens with zero attached hydrogens (tertiary/aromatic N) is 2. The minimum absolute atomic E-state index is 0.175. The van der Waals surface area contributed by atoms with Gasteiger partial charge in [-0.25, -0.2) is 4.57 Å². The Morgan fingerprint density at radius 1 is 1.13 bits per heavy atom. The highest BCUT2D eigenvalue weighted by Gasteiger charge is 2.16. The van der Waals surface area contributed by atoms with Crippen molar-refractivity contribution in [2.24, 2.45) is 0 Å². The SMILES string of the molecule is Nc1cc[n+](Cc2cc([N+](=O)[O-])cc3[nH]c(=O)c(=O)[nH]c23)cc1. The average Bonchev–Trinajstić information content (AvgIpc) is 2.51. The van der Waals surface area contributed by atoms with Gasteiger partial charge in [0.25, 0.3) is 5.69 Å². The minimum atomic E-state index is -0.857. The number of aromatic nitrogens is 3. The standard InChI is InChI=1S/C14H11N5O4/c15-9-1-3-18(4-2-9)7-8-5-10(19(22)23)6-11-12(8)17-14(21)13(20)16-11/h1-6,15H,7H2,(H2,16,17,20,21)/p+1. The maximum absolute atomic E-state index is 11.5. The molecule has 116 valence electrons. The van der Waals surface area contributed by atoms with E-state index in [-0.39, 0.29) is 17.7 Å². The molecule has 0 atom stereocenters. The summed E-state index contributed by atoms with van der Waals surface area (Å²) >= 11 is 0. The van der Waals surface area contributed by atoms with E-state index >= 15 is 0 Å². The topological polar surface area (TPSA) is 139 Å². The number of hydrogen-bond donors (Lipinski definition) is 3. The third kappa shape index (κ3) is 2.79. The lowest BCUT2D eigenvalue weighted by molar-refractivity contribution is -0.688. The van der Waals surface area contributed by atoms with E-state index in [4.69, 9.17) is 5.73 Å². The summed E-state index contributed by atoms with van der Waals surface area (Å²) in [5, 5.41) is 11.1. The molecule has 0 saturated carbocycles. The molecule has 9 heteroatoms. The second kappa shape index (κ2) is 5.37. The van der Waals surface area contributed by atoms with Crippen molar-refractivity contribution in [3.63, 3.8) is 0 Å². The molecule has 4 N–H and O–H groups in total. The second-order valence-electron chi connectivity index (χ2n) is 5.00. The van der Waals surface area contributed by atoms with Crippen LogP contribution < -0.4 is 21.4 Å². The highest BCUT2D eigenvalue weighted by molar-refractivity contribution is 5.80. The number of nitrogens with two attached hydrogens (primary N) is 1. The highest BCUT2D eigenvalue weighted by atomic mass is 16.6. The molecule has 3 rings (SSSR count). The van der Waals surface area contributed by atoms with Crippen LogP contribution in [-0.4, -0.2) is 14.9 Å². The highest BCUT2D eigenvalue weighted by Crippen LogP contribution is 2.21. The van der Waals surface area contributed by atoms with Crippen molar-refractivity contribution in [1.29, 1.82) is 0 Å². The number of anilines is 1. The number of nitrogens with one attached hydrogen (secondary N) is 2. The minimum Gasteiger partial charge on any atom is -0.398 e. The predicted molar refractivity (Wildman–Crippen MR) is 82.0 cm³/mol. The lowest BCUT2D eigenvalue weighted by atomic mass is 10.1. The quantitative estimate of drug-likeness (QED) is 0.271. The number of benzene rings is 1. The van der Waals surface area contributed by atoms with Crippen LogP contribution in [0.5, 0.6) is 0 Å². The first kappa shape index (κ1) is 14.4. The molecular formula is C14H12N5O4+. The molecule has 0 bridgehead atoms. The van der Waals surface area contributed by atoms with E-state index in [1.165, 1.54) is 12.1 Å². The van der Waals surface area contributed by atoms with E-state index in [0.717, 1.165) is 0 Å². The zero-order valence-corrected chi connectivity index (χ0v) is 11.8. The number of pyridine rings is 1. The monoisotopic (exact) mass is 314 g/mol. The number of non-ortho nitro benzene ring substituents is 1. The molecule has 2 heterocycles. The van der Waals surface area contributed by atoms with Crippen molar-refractivity contribution in [1.82, 2.24) is 9.97 Å².